The topological polar surface area (TPSA) is 58.1 Å². The van der Waals surface area contributed by atoms with Crippen molar-refractivity contribution in [2.45, 2.75) is 39.0 Å². The summed E-state index contributed by atoms with van der Waals surface area (Å²) in [6.07, 6.45) is 5.80. The number of nitrogens with one attached hydrogen (secondary N) is 1. The molecule has 1 fully saturated rings. The van der Waals surface area contributed by atoms with Gasteiger partial charge >= 0.3 is 0 Å². The van der Waals surface area contributed by atoms with E-state index in [4.69, 9.17) is 12.2 Å². The number of aromatic nitrogens is 2. The summed E-state index contributed by atoms with van der Waals surface area (Å²) in [4.78, 5) is 30.1. The Hall–Kier alpha value is -1.95. The first-order valence-corrected chi connectivity index (χ1v) is 9.44. The van der Waals surface area contributed by atoms with Crippen molar-refractivity contribution in [1.82, 2.24) is 14.5 Å². The fourth-order valence-corrected chi connectivity index (χ4v) is 3.88. The number of amides is 1. The minimum Gasteiger partial charge on any atom is -0.339 e. The Balaban J connectivity index is 1.86. The van der Waals surface area contributed by atoms with Crippen LogP contribution in [-0.4, -0.2) is 33.4 Å². The fraction of sp³-hybridized carbons (Fsp3) is 0.526. The van der Waals surface area contributed by atoms with Crippen LogP contribution in [0.15, 0.2) is 23.0 Å². The van der Waals surface area contributed by atoms with Crippen LogP contribution in [0.5, 0.6) is 0 Å². The number of carbonyl (C=O) groups is 1. The van der Waals surface area contributed by atoms with Gasteiger partial charge in [-0.1, -0.05) is 19.8 Å². The van der Waals surface area contributed by atoms with Crippen LogP contribution >= 0.6 is 12.2 Å². The Bertz CT molecular complexity index is 900. The van der Waals surface area contributed by atoms with E-state index in [-0.39, 0.29) is 11.5 Å². The fourth-order valence-electron chi connectivity index (χ4n) is 3.69. The molecule has 2 aromatic rings. The lowest BCUT2D eigenvalue weighted by Gasteiger charge is -2.21. The normalized spacial score (nSPS) is 18.3. The first-order chi connectivity index (χ1) is 12.0. The predicted molar refractivity (Wildman–Crippen MR) is 103 cm³/mol. The van der Waals surface area contributed by atoms with Gasteiger partial charge in [-0.25, -0.2) is 0 Å². The number of aromatic amines is 1. The van der Waals surface area contributed by atoms with E-state index in [1.165, 1.54) is 23.8 Å². The summed E-state index contributed by atoms with van der Waals surface area (Å²) in [5.74, 6) is 0.776. The van der Waals surface area contributed by atoms with Crippen molar-refractivity contribution in [3.63, 3.8) is 0 Å². The van der Waals surface area contributed by atoms with E-state index in [9.17, 15) is 9.59 Å². The van der Waals surface area contributed by atoms with E-state index in [0.717, 1.165) is 31.8 Å². The Labute approximate surface area is 152 Å². The van der Waals surface area contributed by atoms with Crippen LogP contribution in [-0.2, 0) is 7.05 Å². The number of nitrogens with zero attached hydrogens (tertiary/aromatic N) is 2. The molecular weight excluding hydrogens is 334 g/mol. The summed E-state index contributed by atoms with van der Waals surface area (Å²) in [6, 6.07) is 5.22. The molecule has 134 valence electrons. The van der Waals surface area contributed by atoms with E-state index in [1.54, 1.807) is 25.2 Å². The second-order valence-electron chi connectivity index (χ2n) is 6.93. The Morgan fingerprint density at radius 1 is 1.32 bits per heavy atom. The molecule has 1 aliphatic rings. The van der Waals surface area contributed by atoms with Gasteiger partial charge in [0.25, 0.3) is 11.5 Å². The van der Waals surface area contributed by atoms with Gasteiger partial charge in [-0.2, -0.15) is 0 Å². The molecule has 25 heavy (non-hydrogen) atoms. The molecule has 1 amide bonds. The van der Waals surface area contributed by atoms with E-state index in [1.807, 2.05) is 4.90 Å². The summed E-state index contributed by atoms with van der Waals surface area (Å²) >= 11 is 5.17. The standard InChI is InChI=1S/C19H25N3O2S/c1-3-5-13-6-4-10-22(11-9-13)17(23)14-7-8-15-16(12-14)20-19(25)21(2)18(15)24/h7-8,12-13H,3-6,9-11H2,1-2H3,(H,20,25)/t13-/m1/s1. The summed E-state index contributed by atoms with van der Waals surface area (Å²) in [5, 5.41) is 0.548. The minimum atomic E-state index is -0.144. The van der Waals surface area contributed by atoms with E-state index < -0.39 is 0 Å². The molecule has 2 heterocycles. The molecule has 0 bridgehead atoms. The highest BCUT2D eigenvalue weighted by atomic mass is 32.1. The first-order valence-electron chi connectivity index (χ1n) is 9.03. The number of hydrogen-bond acceptors (Lipinski definition) is 3. The van der Waals surface area contributed by atoms with Gasteiger partial charge in [-0.15, -0.1) is 0 Å². The number of rotatable bonds is 3. The van der Waals surface area contributed by atoms with Crippen molar-refractivity contribution in [2.24, 2.45) is 13.0 Å². The minimum absolute atomic E-state index is 0.0408. The Morgan fingerprint density at radius 2 is 2.12 bits per heavy atom. The summed E-state index contributed by atoms with van der Waals surface area (Å²) < 4.78 is 1.77. The molecule has 6 heteroatoms. The van der Waals surface area contributed by atoms with Crippen LogP contribution in [0.25, 0.3) is 10.9 Å². The van der Waals surface area contributed by atoms with E-state index >= 15 is 0 Å². The van der Waals surface area contributed by atoms with Gasteiger partial charge in [0.15, 0.2) is 4.77 Å². The highest BCUT2D eigenvalue weighted by Crippen LogP contribution is 2.23. The van der Waals surface area contributed by atoms with Crippen LogP contribution in [0.4, 0.5) is 0 Å². The second kappa shape index (κ2) is 7.52. The molecular formula is C19H25N3O2S. The second-order valence-corrected chi connectivity index (χ2v) is 7.32. The van der Waals surface area contributed by atoms with E-state index in [0.29, 0.717) is 21.2 Å². The van der Waals surface area contributed by atoms with Gasteiger partial charge in [0.2, 0.25) is 0 Å². The molecule has 0 spiro atoms. The van der Waals surface area contributed by atoms with Crippen molar-refractivity contribution < 1.29 is 4.79 Å². The molecule has 1 aromatic carbocycles. The molecule has 0 aliphatic carbocycles. The molecule has 1 aliphatic heterocycles. The zero-order valence-corrected chi connectivity index (χ0v) is 15.7. The van der Waals surface area contributed by atoms with Crippen LogP contribution in [0, 0.1) is 10.7 Å². The molecule has 0 unspecified atom stereocenters. The quantitative estimate of drug-likeness (QED) is 0.851. The largest absolute Gasteiger partial charge is 0.339 e. The summed E-state index contributed by atoms with van der Waals surface area (Å²) in [6.45, 7) is 3.84. The third-order valence-corrected chi connectivity index (χ3v) is 5.56. The molecule has 1 aromatic heterocycles. The monoisotopic (exact) mass is 359 g/mol. The van der Waals surface area contributed by atoms with Gasteiger partial charge < -0.3 is 9.88 Å². The average molecular weight is 359 g/mol. The van der Waals surface area contributed by atoms with Crippen molar-refractivity contribution in [2.75, 3.05) is 13.1 Å². The SMILES string of the molecule is CCC[C@@H]1CCCN(C(=O)c2ccc3c(=O)n(C)c(=S)[nH]c3c2)CC1. The molecule has 3 rings (SSSR count). The first kappa shape index (κ1) is 17.9. The number of H-pyrrole nitrogens is 1. The third-order valence-electron chi connectivity index (χ3n) is 5.18. The maximum atomic E-state index is 12.9. The smallest absolute Gasteiger partial charge is 0.261 e. The Kier molecular flexibility index (Phi) is 5.37. The van der Waals surface area contributed by atoms with Gasteiger partial charge in [0.1, 0.15) is 0 Å². The van der Waals surface area contributed by atoms with Gasteiger partial charge in [-0.3, -0.25) is 14.2 Å². The lowest BCUT2D eigenvalue weighted by atomic mass is 9.96. The molecule has 1 atom stereocenters. The van der Waals surface area contributed by atoms with Crippen LogP contribution < -0.4 is 5.56 Å². The average Bonchev–Trinajstić information content (AvgIpc) is 2.85. The molecule has 0 radical (unpaired) electrons. The number of carbonyl (C=O) groups excluding carboxylic acids is 1. The van der Waals surface area contributed by atoms with Crippen molar-refractivity contribution >= 4 is 29.0 Å². The van der Waals surface area contributed by atoms with Crippen LogP contribution in [0.1, 0.15) is 49.4 Å². The molecule has 1 saturated heterocycles. The van der Waals surface area contributed by atoms with Crippen molar-refractivity contribution in [1.29, 1.82) is 0 Å². The van der Waals surface area contributed by atoms with Crippen molar-refractivity contribution in [3.8, 4) is 0 Å². The van der Waals surface area contributed by atoms with Gasteiger partial charge in [0, 0.05) is 25.7 Å². The summed E-state index contributed by atoms with van der Waals surface area (Å²) in [5.41, 5.74) is 1.09. The highest BCUT2D eigenvalue weighted by Gasteiger charge is 2.21. The highest BCUT2D eigenvalue weighted by molar-refractivity contribution is 7.71. The number of fused-ring (bicyclic) bond motifs is 1. The number of hydrogen-bond donors (Lipinski definition) is 1. The molecule has 1 N–H and O–H groups in total. The van der Waals surface area contributed by atoms with Crippen molar-refractivity contribution in [3.05, 3.63) is 38.9 Å². The third kappa shape index (κ3) is 3.68. The van der Waals surface area contributed by atoms with Gasteiger partial charge in [0.05, 0.1) is 10.9 Å². The predicted octanol–water partition coefficient (Wildman–Crippen LogP) is 3.64. The van der Waals surface area contributed by atoms with Crippen LogP contribution in [0.2, 0.25) is 0 Å². The van der Waals surface area contributed by atoms with Gasteiger partial charge in [-0.05, 0) is 55.6 Å². The maximum absolute atomic E-state index is 12.9. The zero-order chi connectivity index (χ0) is 18.0. The maximum Gasteiger partial charge on any atom is 0.261 e. The lowest BCUT2D eigenvalue weighted by Crippen LogP contribution is -2.32. The number of likely N-dealkylation sites (tertiary alicyclic amines) is 1. The van der Waals surface area contributed by atoms with Crippen LogP contribution in [0.3, 0.4) is 0 Å². The molecule has 0 saturated carbocycles. The lowest BCUT2D eigenvalue weighted by molar-refractivity contribution is 0.0760. The van der Waals surface area contributed by atoms with E-state index in [2.05, 4.69) is 11.9 Å². The Morgan fingerprint density at radius 3 is 2.88 bits per heavy atom. The summed E-state index contributed by atoms with van der Waals surface area (Å²) in [7, 11) is 1.64. The molecule has 5 nitrogen and oxygen atoms in total. The number of benzene rings is 1. The zero-order valence-electron chi connectivity index (χ0n) is 14.9.